The third-order valence-corrected chi connectivity index (χ3v) is 2.83. The van der Waals surface area contributed by atoms with Crippen LogP contribution in [0.4, 0.5) is 0 Å². The number of rotatable bonds is 10. The third-order valence-electron chi connectivity index (χ3n) is 2.83. The molecule has 1 unspecified atom stereocenters. The molecule has 0 aromatic heterocycles. The molecule has 0 heterocycles. The van der Waals surface area contributed by atoms with Crippen LogP contribution in [0.3, 0.4) is 0 Å². The Morgan fingerprint density at radius 1 is 1.28 bits per heavy atom. The second-order valence-electron chi connectivity index (χ2n) is 4.22. The van der Waals surface area contributed by atoms with Crippen LogP contribution < -0.4 is 10.6 Å². The van der Waals surface area contributed by atoms with Crippen LogP contribution in [0.1, 0.15) is 33.6 Å². The van der Waals surface area contributed by atoms with E-state index in [0.717, 1.165) is 32.6 Å². The number of likely N-dealkylation sites (N-methyl/N-ethyl adjacent to an activating group) is 1. The molecular weight excluding hydrogens is 228 g/mol. The summed E-state index contributed by atoms with van der Waals surface area (Å²) in [6, 6.07) is 1.74. The van der Waals surface area contributed by atoms with Crippen molar-refractivity contribution in [1.29, 1.82) is 5.26 Å². The molecule has 2 N–H and O–H groups in total. The molecule has 0 aliphatic rings. The molecule has 5 heteroatoms. The van der Waals surface area contributed by atoms with E-state index in [0.29, 0.717) is 6.54 Å². The Labute approximate surface area is 111 Å². The van der Waals surface area contributed by atoms with Crippen molar-refractivity contribution in [3.63, 3.8) is 0 Å². The summed E-state index contributed by atoms with van der Waals surface area (Å²) < 4.78 is 0. The summed E-state index contributed by atoms with van der Waals surface area (Å²) in [5, 5.41) is 14.9. The minimum absolute atomic E-state index is 0.0567. The van der Waals surface area contributed by atoms with Gasteiger partial charge in [-0.3, -0.25) is 4.79 Å². The first kappa shape index (κ1) is 16.9. The lowest BCUT2D eigenvalue weighted by molar-refractivity contribution is -0.121. The molecule has 0 radical (unpaired) electrons. The van der Waals surface area contributed by atoms with Gasteiger partial charge < -0.3 is 15.5 Å². The van der Waals surface area contributed by atoms with Crippen molar-refractivity contribution >= 4 is 5.91 Å². The van der Waals surface area contributed by atoms with Crippen LogP contribution in [-0.4, -0.2) is 49.6 Å². The Morgan fingerprint density at radius 2 is 1.94 bits per heavy atom. The van der Waals surface area contributed by atoms with Gasteiger partial charge in [-0.1, -0.05) is 20.8 Å². The highest BCUT2D eigenvalue weighted by atomic mass is 16.1. The van der Waals surface area contributed by atoms with Crippen molar-refractivity contribution in [1.82, 2.24) is 15.5 Å². The number of nitrogens with zero attached hydrogens (tertiary/aromatic N) is 2. The second-order valence-corrected chi connectivity index (χ2v) is 4.22. The highest BCUT2D eigenvalue weighted by Crippen LogP contribution is 1.92. The first-order valence-corrected chi connectivity index (χ1v) is 6.79. The summed E-state index contributed by atoms with van der Waals surface area (Å²) in [7, 11) is 0. The van der Waals surface area contributed by atoms with Crippen LogP contribution in [-0.2, 0) is 4.79 Å². The van der Waals surface area contributed by atoms with Crippen molar-refractivity contribution < 1.29 is 4.79 Å². The SMILES string of the molecule is CCCNC(=O)CC(C#N)NCCN(CC)CC. The number of amides is 1. The molecule has 0 bridgehead atoms. The molecule has 0 saturated carbocycles. The fraction of sp³-hybridized carbons (Fsp3) is 0.846. The Kier molecular flexibility index (Phi) is 10.3. The smallest absolute Gasteiger partial charge is 0.222 e. The fourth-order valence-electron chi connectivity index (χ4n) is 1.62. The number of nitriles is 1. The molecule has 0 fully saturated rings. The Balaban J connectivity index is 3.83. The number of carbonyl (C=O) groups excluding carboxylic acids is 1. The number of hydrogen-bond donors (Lipinski definition) is 2. The van der Waals surface area contributed by atoms with Gasteiger partial charge in [0.05, 0.1) is 12.5 Å². The lowest BCUT2D eigenvalue weighted by atomic mass is 10.2. The molecule has 5 nitrogen and oxygen atoms in total. The molecule has 0 aliphatic heterocycles. The predicted octanol–water partition coefficient (Wildman–Crippen LogP) is 0.726. The van der Waals surface area contributed by atoms with E-state index < -0.39 is 6.04 Å². The van der Waals surface area contributed by atoms with Gasteiger partial charge in [0.2, 0.25) is 5.91 Å². The highest BCUT2D eigenvalue weighted by Gasteiger charge is 2.12. The topological polar surface area (TPSA) is 68.2 Å². The molecule has 0 aromatic carbocycles. The Morgan fingerprint density at radius 3 is 2.44 bits per heavy atom. The van der Waals surface area contributed by atoms with Crippen LogP contribution in [0.15, 0.2) is 0 Å². The van der Waals surface area contributed by atoms with E-state index in [4.69, 9.17) is 5.26 Å². The average molecular weight is 254 g/mol. The van der Waals surface area contributed by atoms with Crippen molar-refractivity contribution in [3.8, 4) is 6.07 Å². The van der Waals surface area contributed by atoms with Crippen LogP contribution in [0.5, 0.6) is 0 Å². The van der Waals surface area contributed by atoms with Gasteiger partial charge in [0.25, 0.3) is 0 Å². The maximum absolute atomic E-state index is 11.5. The summed E-state index contributed by atoms with van der Waals surface area (Å²) in [6.45, 7) is 10.6. The normalized spacial score (nSPS) is 12.2. The molecule has 1 atom stereocenters. The van der Waals surface area contributed by atoms with E-state index in [1.54, 1.807) is 0 Å². The van der Waals surface area contributed by atoms with Crippen LogP contribution >= 0.6 is 0 Å². The highest BCUT2D eigenvalue weighted by molar-refractivity contribution is 5.76. The first-order valence-electron chi connectivity index (χ1n) is 6.79. The standard InChI is InChI=1S/C13H26N4O/c1-4-7-16-13(18)10-12(11-14)15-8-9-17(5-2)6-3/h12,15H,4-10H2,1-3H3,(H,16,18). The first-order chi connectivity index (χ1) is 8.67. The van der Waals surface area contributed by atoms with Crippen molar-refractivity contribution in [2.24, 2.45) is 0 Å². The largest absolute Gasteiger partial charge is 0.356 e. The van der Waals surface area contributed by atoms with Gasteiger partial charge >= 0.3 is 0 Å². The zero-order valence-corrected chi connectivity index (χ0v) is 11.8. The lowest BCUT2D eigenvalue weighted by Crippen LogP contribution is -2.39. The maximum atomic E-state index is 11.5. The van der Waals surface area contributed by atoms with Gasteiger partial charge in [-0.2, -0.15) is 5.26 Å². The number of nitrogens with one attached hydrogen (secondary N) is 2. The molecule has 1 amide bonds. The quantitative estimate of drug-likeness (QED) is 0.603. The minimum Gasteiger partial charge on any atom is -0.356 e. The summed E-state index contributed by atoms with van der Waals surface area (Å²) in [4.78, 5) is 13.7. The summed E-state index contributed by atoms with van der Waals surface area (Å²) >= 11 is 0. The van der Waals surface area contributed by atoms with Gasteiger partial charge in [0.1, 0.15) is 6.04 Å². The Hall–Kier alpha value is -1.12. The summed E-state index contributed by atoms with van der Waals surface area (Å²) in [5.74, 6) is -0.0567. The van der Waals surface area contributed by atoms with E-state index in [2.05, 4.69) is 35.5 Å². The van der Waals surface area contributed by atoms with E-state index in [1.165, 1.54) is 0 Å². The molecule has 104 valence electrons. The third kappa shape index (κ3) is 8.04. The zero-order valence-electron chi connectivity index (χ0n) is 11.8. The Bertz CT molecular complexity index is 258. The molecule has 0 saturated heterocycles. The van der Waals surface area contributed by atoms with Crippen LogP contribution in [0.25, 0.3) is 0 Å². The molecule has 18 heavy (non-hydrogen) atoms. The van der Waals surface area contributed by atoms with Gasteiger partial charge in [0, 0.05) is 19.6 Å². The predicted molar refractivity (Wildman–Crippen MR) is 73.1 cm³/mol. The molecule has 0 aliphatic carbocycles. The van der Waals surface area contributed by atoms with Gasteiger partial charge in [-0.05, 0) is 19.5 Å². The van der Waals surface area contributed by atoms with Crippen molar-refractivity contribution in [2.75, 3.05) is 32.7 Å². The maximum Gasteiger partial charge on any atom is 0.222 e. The summed E-state index contributed by atoms with van der Waals surface area (Å²) in [5.41, 5.74) is 0. The summed E-state index contributed by atoms with van der Waals surface area (Å²) in [6.07, 6.45) is 1.15. The molecule has 0 aromatic rings. The van der Waals surface area contributed by atoms with E-state index in [9.17, 15) is 4.79 Å². The molecule has 0 rings (SSSR count). The lowest BCUT2D eigenvalue weighted by Gasteiger charge is -2.19. The van der Waals surface area contributed by atoms with E-state index in [1.807, 2.05) is 6.92 Å². The monoisotopic (exact) mass is 254 g/mol. The second kappa shape index (κ2) is 11.0. The number of hydrogen-bond acceptors (Lipinski definition) is 4. The van der Waals surface area contributed by atoms with Crippen LogP contribution in [0, 0.1) is 11.3 Å². The zero-order chi connectivity index (χ0) is 13.8. The van der Waals surface area contributed by atoms with Crippen molar-refractivity contribution in [2.45, 2.75) is 39.7 Å². The van der Waals surface area contributed by atoms with E-state index >= 15 is 0 Å². The van der Waals surface area contributed by atoms with Gasteiger partial charge in [0.15, 0.2) is 0 Å². The van der Waals surface area contributed by atoms with E-state index in [-0.39, 0.29) is 12.3 Å². The van der Waals surface area contributed by atoms with Crippen LogP contribution in [0.2, 0.25) is 0 Å². The molecule has 0 spiro atoms. The average Bonchev–Trinajstić information content (AvgIpc) is 2.39. The van der Waals surface area contributed by atoms with Gasteiger partial charge in [-0.15, -0.1) is 0 Å². The van der Waals surface area contributed by atoms with Crippen molar-refractivity contribution in [3.05, 3.63) is 0 Å². The minimum atomic E-state index is -0.391. The fourth-order valence-corrected chi connectivity index (χ4v) is 1.62. The van der Waals surface area contributed by atoms with Gasteiger partial charge in [-0.25, -0.2) is 0 Å². The number of carbonyl (C=O) groups is 1. The molecular formula is C13H26N4O.